The van der Waals surface area contributed by atoms with E-state index in [-0.39, 0.29) is 18.9 Å². The summed E-state index contributed by atoms with van der Waals surface area (Å²) in [5.41, 5.74) is 0.609. The summed E-state index contributed by atoms with van der Waals surface area (Å²) in [6, 6.07) is 7.47. The van der Waals surface area contributed by atoms with E-state index in [1.54, 1.807) is 12.3 Å². The predicted octanol–water partition coefficient (Wildman–Crippen LogP) is -0.659. The average molecular weight is 212 g/mol. The van der Waals surface area contributed by atoms with Crippen LogP contribution in [0.25, 0.3) is 0 Å². The summed E-state index contributed by atoms with van der Waals surface area (Å²) < 4.78 is 5.60. The van der Waals surface area contributed by atoms with Crippen LogP contribution in [0, 0.1) is 17.4 Å². The van der Waals surface area contributed by atoms with E-state index in [0.717, 1.165) is 0 Å². The van der Waals surface area contributed by atoms with E-state index in [1.807, 2.05) is 37.8 Å². The molecule has 1 rings (SSSR count). The van der Waals surface area contributed by atoms with Gasteiger partial charge in [-0.05, 0) is 19.6 Å². The van der Waals surface area contributed by atoms with E-state index in [2.05, 4.69) is 4.98 Å². The molecule has 0 aliphatic rings. The topological polar surface area (TPSA) is 45.9 Å². The molecule has 15 heavy (non-hydrogen) atoms. The molecule has 0 spiro atoms. The van der Waals surface area contributed by atoms with Crippen LogP contribution in [0.2, 0.25) is 19.6 Å². The third kappa shape index (κ3) is 5.06. The Kier molecular flexibility index (Phi) is 5.71. The smallest absolute Gasteiger partial charge is 0.464 e. The summed E-state index contributed by atoms with van der Waals surface area (Å²) in [7, 11) is -1.72. The third-order valence-electron chi connectivity index (χ3n) is 1.41. The minimum atomic E-state index is -1.72. The summed E-state index contributed by atoms with van der Waals surface area (Å²) in [4.78, 5) is 4.07. The van der Waals surface area contributed by atoms with Crippen LogP contribution in [0.5, 0.6) is 0 Å². The zero-order valence-corrected chi connectivity index (χ0v) is 10.6. The number of pyridine rings is 1. The maximum atomic E-state index is 8.91. The molecule has 5 heteroatoms. The molecule has 1 heterocycles. The Morgan fingerprint density at radius 3 is 2.47 bits per heavy atom. The van der Waals surface area contributed by atoms with Gasteiger partial charge in [0.2, 0.25) is 0 Å². The second-order valence-corrected chi connectivity index (χ2v) is 8.30. The summed E-state index contributed by atoms with van der Waals surface area (Å²) in [6.07, 6.45) is 1.98. The average Bonchev–Trinajstić information content (AvgIpc) is 2.14. The molecule has 0 unspecified atom stereocenters. The van der Waals surface area contributed by atoms with Gasteiger partial charge in [-0.25, -0.2) is 5.26 Å². The van der Waals surface area contributed by atoms with Crippen molar-refractivity contribution in [2.75, 3.05) is 0 Å². The van der Waals surface area contributed by atoms with E-state index in [1.165, 1.54) is 0 Å². The van der Waals surface area contributed by atoms with Crippen LogP contribution in [0.3, 0.4) is 0 Å². The van der Waals surface area contributed by atoms with Gasteiger partial charge in [0.05, 0.1) is 0 Å². The van der Waals surface area contributed by atoms with E-state index in [9.17, 15) is 0 Å². The van der Waals surface area contributed by atoms with Gasteiger partial charge < -0.3 is 4.43 Å². The first-order chi connectivity index (χ1) is 6.53. The molecule has 0 aliphatic carbocycles. The Labute approximate surface area is 104 Å². The molecule has 74 valence electrons. The zero-order valence-electron chi connectivity index (χ0n) is 9.61. The van der Waals surface area contributed by atoms with Crippen LogP contribution >= 0.6 is 0 Å². The third-order valence-corrected chi connectivity index (χ3v) is 2.22. The van der Waals surface area contributed by atoms with Gasteiger partial charge in [0.1, 0.15) is 0 Å². The van der Waals surface area contributed by atoms with Gasteiger partial charge >= 0.3 is 18.9 Å². The first kappa shape index (κ1) is 14.3. The number of hydrogen-bond acceptors (Lipinski definition) is 3. The fourth-order valence-corrected chi connectivity index (χ4v) is 1.70. The molecule has 1 aromatic heterocycles. The zero-order chi connectivity index (χ0) is 10.6. The minimum Gasteiger partial charge on any atom is -0.464 e. The van der Waals surface area contributed by atoms with Crippen molar-refractivity contribution in [3.63, 3.8) is 0 Å². The van der Waals surface area contributed by atoms with Gasteiger partial charge in [-0.15, -0.1) is 6.07 Å². The molecule has 0 saturated carbocycles. The van der Waals surface area contributed by atoms with Crippen molar-refractivity contribution in [3.05, 3.63) is 36.2 Å². The number of aromatic nitrogens is 1. The van der Waals surface area contributed by atoms with Crippen LogP contribution < -0.4 is 18.9 Å². The Hall–Kier alpha value is -0.716. The molecule has 0 radical (unpaired) electrons. The van der Waals surface area contributed by atoms with Crippen molar-refractivity contribution in [2.45, 2.75) is 19.6 Å². The Bertz CT molecular complexity index is 332. The molecule has 0 atom stereocenters. The first-order valence-corrected chi connectivity index (χ1v) is 7.81. The molecule has 3 nitrogen and oxygen atoms in total. The maximum Gasteiger partial charge on any atom is 1.00 e. The van der Waals surface area contributed by atoms with Crippen molar-refractivity contribution in [1.82, 2.24) is 4.98 Å². The summed E-state index contributed by atoms with van der Waals surface area (Å²) in [5.74, 6) is 0. The monoisotopic (exact) mass is 212 g/mol. The van der Waals surface area contributed by atoms with Crippen molar-refractivity contribution in [1.29, 1.82) is 5.26 Å². The Balaban J connectivity index is 0.00000196. The standard InChI is InChI=1S/C10H13N2OSi.Li/c1-14(2,3)13-10(8-11)9-6-4-5-7-12-9;/h4-7H,1-3H3;/q-1;+1. The molecular weight excluding hydrogens is 199 g/mol. The second kappa shape index (κ2) is 6.00. The van der Waals surface area contributed by atoms with E-state index < -0.39 is 8.32 Å². The molecule has 0 fully saturated rings. The molecule has 0 N–H and O–H groups in total. The van der Waals surface area contributed by atoms with Crippen molar-refractivity contribution < 1.29 is 23.3 Å². The fraction of sp³-hybridized carbons (Fsp3) is 0.300. The second-order valence-electron chi connectivity index (χ2n) is 3.87. The Morgan fingerprint density at radius 2 is 2.07 bits per heavy atom. The van der Waals surface area contributed by atoms with Crippen LogP contribution in [0.15, 0.2) is 24.4 Å². The maximum absolute atomic E-state index is 8.91. The van der Waals surface area contributed by atoms with Crippen LogP contribution in [0.1, 0.15) is 5.69 Å². The predicted molar refractivity (Wildman–Crippen MR) is 56.6 cm³/mol. The summed E-state index contributed by atoms with van der Waals surface area (Å²) in [5, 5.41) is 8.91. The number of nitrogens with zero attached hydrogens (tertiary/aromatic N) is 2. The minimum absolute atomic E-state index is 0. The van der Waals surface area contributed by atoms with Gasteiger partial charge in [-0.2, -0.15) is 6.07 Å². The number of hydrogen-bond donors (Lipinski definition) is 0. The molecule has 0 bridgehead atoms. The van der Waals surface area contributed by atoms with Crippen LogP contribution in [0.4, 0.5) is 0 Å². The summed E-state index contributed by atoms with van der Waals surface area (Å²) >= 11 is 0. The van der Waals surface area contributed by atoms with Crippen LogP contribution in [-0.2, 0) is 4.43 Å². The molecule has 0 saturated heterocycles. The molecular formula is C10H13LiN2OSi. The van der Waals surface area contributed by atoms with Crippen molar-refractivity contribution >= 4 is 8.32 Å². The number of rotatable bonds is 3. The SMILES string of the molecule is C[Si](C)(C)O[C-](C#N)c1ccccn1.[Li+]. The van der Waals surface area contributed by atoms with Crippen molar-refractivity contribution in [2.24, 2.45) is 0 Å². The largest absolute Gasteiger partial charge is 1.00 e. The molecule has 0 aliphatic heterocycles. The fourth-order valence-electron chi connectivity index (χ4n) is 0.936. The normalized spacial score (nSPS) is 10.0. The molecule has 0 amide bonds. The first-order valence-electron chi connectivity index (χ1n) is 4.40. The molecule has 1 aromatic rings. The van der Waals surface area contributed by atoms with Gasteiger partial charge in [0.15, 0.2) is 8.32 Å². The van der Waals surface area contributed by atoms with Gasteiger partial charge in [0, 0.05) is 18.4 Å². The van der Waals surface area contributed by atoms with Gasteiger partial charge in [-0.3, -0.25) is 4.98 Å². The van der Waals surface area contributed by atoms with Gasteiger partial charge in [-0.1, -0.05) is 11.8 Å². The van der Waals surface area contributed by atoms with E-state index in [4.69, 9.17) is 9.69 Å². The number of nitriles is 1. The van der Waals surface area contributed by atoms with Crippen LogP contribution in [-0.4, -0.2) is 13.3 Å². The van der Waals surface area contributed by atoms with E-state index in [0.29, 0.717) is 11.8 Å². The molecule has 0 aromatic carbocycles. The Morgan fingerprint density at radius 1 is 1.40 bits per heavy atom. The van der Waals surface area contributed by atoms with E-state index >= 15 is 0 Å². The quantitative estimate of drug-likeness (QED) is 0.493. The van der Waals surface area contributed by atoms with Gasteiger partial charge in [0.25, 0.3) is 0 Å². The van der Waals surface area contributed by atoms with Crippen molar-refractivity contribution in [3.8, 4) is 6.07 Å². The summed E-state index contributed by atoms with van der Waals surface area (Å²) in [6.45, 7) is 6.10.